The number of thiocarbonyl (C=S) groups is 1. The molecule has 1 saturated heterocycles. The van der Waals surface area contributed by atoms with E-state index >= 15 is 0 Å². The van der Waals surface area contributed by atoms with E-state index in [-0.39, 0.29) is 5.82 Å². The van der Waals surface area contributed by atoms with E-state index < -0.39 is 11.2 Å². The number of nitrogens with one attached hydrogen (secondary N) is 3. The van der Waals surface area contributed by atoms with Crippen LogP contribution in [0.2, 0.25) is 0 Å². The molecular formula is C19H21N7O4S. The summed E-state index contributed by atoms with van der Waals surface area (Å²) in [5.74, 6) is 2.29. The van der Waals surface area contributed by atoms with Crippen LogP contribution in [0.3, 0.4) is 0 Å². The van der Waals surface area contributed by atoms with E-state index in [1.54, 1.807) is 14.2 Å². The van der Waals surface area contributed by atoms with Crippen molar-refractivity contribution < 1.29 is 9.47 Å². The summed E-state index contributed by atoms with van der Waals surface area (Å²) >= 11 is 5.44. The third kappa shape index (κ3) is 4.28. The number of hydrogen-bond donors (Lipinski definition) is 3. The lowest BCUT2D eigenvalue weighted by atomic mass is 10.2. The third-order valence-electron chi connectivity index (χ3n) is 4.99. The van der Waals surface area contributed by atoms with Gasteiger partial charge in [0.1, 0.15) is 18.0 Å². The maximum absolute atomic E-state index is 11.5. The lowest BCUT2D eigenvalue weighted by molar-refractivity contribution is 0.355. The summed E-state index contributed by atoms with van der Waals surface area (Å²) in [6.07, 6.45) is 1.53. The van der Waals surface area contributed by atoms with Gasteiger partial charge in [0.25, 0.3) is 5.56 Å². The highest BCUT2D eigenvalue weighted by Crippen LogP contribution is 2.34. The number of methoxy groups -OCH3 is 2. The first kappa shape index (κ1) is 20.6. The van der Waals surface area contributed by atoms with Crippen molar-refractivity contribution in [3.8, 4) is 11.5 Å². The van der Waals surface area contributed by atoms with Gasteiger partial charge in [-0.05, 0) is 18.3 Å². The molecule has 0 bridgehead atoms. The van der Waals surface area contributed by atoms with Gasteiger partial charge >= 0.3 is 5.69 Å². The fraction of sp³-hybridized carbons (Fsp3) is 0.316. The summed E-state index contributed by atoms with van der Waals surface area (Å²) in [4.78, 5) is 40.5. The van der Waals surface area contributed by atoms with Crippen LogP contribution in [0.4, 0.5) is 11.6 Å². The van der Waals surface area contributed by atoms with Gasteiger partial charge in [0, 0.05) is 43.7 Å². The first-order chi connectivity index (χ1) is 15.0. The van der Waals surface area contributed by atoms with Gasteiger partial charge in [-0.2, -0.15) is 0 Å². The number of fused-ring (bicyclic) bond motifs is 1. The molecule has 0 amide bonds. The summed E-state index contributed by atoms with van der Waals surface area (Å²) < 4.78 is 10.8. The maximum atomic E-state index is 11.5. The molecule has 2 aromatic heterocycles. The molecule has 1 aliphatic rings. The van der Waals surface area contributed by atoms with Crippen molar-refractivity contribution in [1.82, 2.24) is 24.8 Å². The van der Waals surface area contributed by atoms with Crippen LogP contribution in [0, 0.1) is 0 Å². The van der Waals surface area contributed by atoms with Crippen LogP contribution in [0.1, 0.15) is 0 Å². The number of piperazine rings is 1. The van der Waals surface area contributed by atoms with Crippen molar-refractivity contribution in [3.63, 3.8) is 0 Å². The van der Waals surface area contributed by atoms with Gasteiger partial charge in [-0.3, -0.25) is 14.8 Å². The smallest absolute Gasteiger partial charge is 0.327 e. The monoisotopic (exact) mass is 443 g/mol. The van der Waals surface area contributed by atoms with Crippen molar-refractivity contribution in [2.75, 3.05) is 50.6 Å². The molecular weight excluding hydrogens is 422 g/mol. The van der Waals surface area contributed by atoms with Gasteiger partial charge < -0.3 is 24.6 Å². The highest BCUT2D eigenvalue weighted by molar-refractivity contribution is 7.80. The molecule has 0 radical (unpaired) electrons. The normalized spacial score (nSPS) is 13.9. The number of H-pyrrole nitrogens is 2. The molecule has 3 N–H and O–H groups in total. The van der Waals surface area contributed by atoms with E-state index in [0.717, 1.165) is 16.7 Å². The zero-order chi connectivity index (χ0) is 22.0. The Morgan fingerprint density at radius 2 is 1.74 bits per heavy atom. The van der Waals surface area contributed by atoms with E-state index in [9.17, 15) is 9.59 Å². The molecule has 0 unspecified atom stereocenters. The molecule has 0 aliphatic carbocycles. The quantitative estimate of drug-likeness (QED) is 0.492. The minimum atomic E-state index is -0.592. The van der Waals surface area contributed by atoms with Gasteiger partial charge in [-0.1, -0.05) is 0 Å². The van der Waals surface area contributed by atoms with E-state index in [1.165, 1.54) is 12.4 Å². The first-order valence-corrected chi connectivity index (χ1v) is 9.90. The van der Waals surface area contributed by atoms with Crippen LogP contribution >= 0.6 is 12.2 Å². The van der Waals surface area contributed by atoms with Crippen LogP contribution in [0.5, 0.6) is 11.5 Å². The predicted molar refractivity (Wildman–Crippen MR) is 120 cm³/mol. The SMILES string of the molecule is COc1cc2ncnc(N3CCN(C(=S)Nc4cc(=O)[nH]c(=O)[nH]4)CC3)c2cc1OC. The Balaban J connectivity index is 1.49. The minimum absolute atomic E-state index is 0.254. The predicted octanol–water partition coefficient (Wildman–Crippen LogP) is 0.543. The van der Waals surface area contributed by atoms with E-state index in [1.807, 2.05) is 17.0 Å². The number of hydrogen-bond acceptors (Lipinski definition) is 8. The summed E-state index contributed by atoms with van der Waals surface area (Å²) in [5.41, 5.74) is -0.326. The second-order valence-corrected chi connectivity index (χ2v) is 7.21. The number of aromatic nitrogens is 4. The molecule has 31 heavy (non-hydrogen) atoms. The lowest BCUT2D eigenvalue weighted by Gasteiger charge is -2.37. The third-order valence-corrected chi connectivity index (χ3v) is 5.35. The van der Waals surface area contributed by atoms with E-state index in [4.69, 9.17) is 21.7 Å². The maximum Gasteiger partial charge on any atom is 0.327 e. The number of anilines is 2. The fourth-order valence-corrected chi connectivity index (χ4v) is 3.77. The molecule has 0 saturated carbocycles. The Kier molecular flexibility index (Phi) is 5.71. The number of nitrogens with zero attached hydrogens (tertiary/aromatic N) is 4. The second kappa shape index (κ2) is 8.60. The lowest BCUT2D eigenvalue weighted by Crippen LogP contribution is -2.50. The van der Waals surface area contributed by atoms with Crippen LogP contribution in [-0.4, -0.2) is 70.3 Å². The van der Waals surface area contributed by atoms with Crippen molar-refractivity contribution in [3.05, 3.63) is 45.4 Å². The van der Waals surface area contributed by atoms with Crippen LogP contribution in [0.15, 0.2) is 34.1 Å². The molecule has 0 spiro atoms. The summed E-state index contributed by atoms with van der Waals surface area (Å²) in [5, 5.41) is 4.21. The van der Waals surface area contributed by atoms with Crippen molar-refractivity contribution in [2.24, 2.45) is 0 Å². The number of aromatic amines is 2. The highest BCUT2D eigenvalue weighted by Gasteiger charge is 2.22. The molecule has 1 aromatic carbocycles. The van der Waals surface area contributed by atoms with Gasteiger partial charge in [0.2, 0.25) is 0 Å². The van der Waals surface area contributed by atoms with Gasteiger partial charge in [0.15, 0.2) is 16.6 Å². The number of rotatable bonds is 4. The molecule has 0 atom stereocenters. The van der Waals surface area contributed by atoms with Gasteiger partial charge in [0.05, 0.1) is 19.7 Å². The Hall–Kier alpha value is -3.67. The summed E-state index contributed by atoms with van der Waals surface area (Å²) in [6.45, 7) is 2.62. The topological polar surface area (TPSA) is 128 Å². The van der Waals surface area contributed by atoms with Crippen LogP contribution in [-0.2, 0) is 0 Å². The second-order valence-electron chi connectivity index (χ2n) is 6.83. The van der Waals surface area contributed by atoms with Crippen LogP contribution < -0.4 is 30.9 Å². The van der Waals surface area contributed by atoms with Crippen molar-refractivity contribution >= 4 is 39.9 Å². The summed E-state index contributed by atoms with van der Waals surface area (Å²) in [6, 6.07) is 4.96. The highest BCUT2D eigenvalue weighted by atomic mass is 32.1. The molecule has 3 aromatic rings. The van der Waals surface area contributed by atoms with Gasteiger partial charge in [-0.25, -0.2) is 14.8 Å². The average molecular weight is 443 g/mol. The largest absolute Gasteiger partial charge is 0.493 e. The number of benzene rings is 1. The molecule has 162 valence electrons. The average Bonchev–Trinajstić information content (AvgIpc) is 2.77. The molecule has 1 fully saturated rings. The summed E-state index contributed by atoms with van der Waals surface area (Å²) in [7, 11) is 3.18. The van der Waals surface area contributed by atoms with E-state index in [0.29, 0.717) is 42.8 Å². The molecule has 12 heteroatoms. The Morgan fingerprint density at radius 3 is 2.42 bits per heavy atom. The van der Waals surface area contributed by atoms with Crippen molar-refractivity contribution in [1.29, 1.82) is 0 Å². The van der Waals surface area contributed by atoms with E-state index in [2.05, 4.69) is 30.2 Å². The molecule has 4 rings (SSSR count). The molecule has 3 heterocycles. The Morgan fingerprint density at radius 1 is 1.03 bits per heavy atom. The standard InChI is InChI=1S/C19H21N7O4S/c1-29-13-7-11-12(8-14(13)30-2)20-10-21-17(11)25-3-5-26(6-4-25)19(31)23-15-9-16(27)24-18(28)22-15/h7-10H,3-6H2,1-2H3,(H3,22,23,24,27,28,31). The minimum Gasteiger partial charge on any atom is -0.493 e. The van der Waals surface area contributed by atoms with Crippen LogP contribution in [0.25, 0.3) is 10.9 Å². The molecule has 11 nitrogen and oxygen atoms in total. The zero-order valence-corrected chi connectivity index (χ0v) is 17.8. The molecule has 1 aliphatic heterocycles. The Labute approximate surface area is 182 Å². The zero-order valence-electron chi connectivity index (χ0n) is 17.0. The number of ether oxygens (including phenoxy) is 2. The first-order valence-electron chi connectivity index (χ1n) is 9.49. The van der Waals surface area contributed by atoms with Gasteiger partial charge in [-0.15, -0.1) is 0 Å². The Bertz CT molecular complexity index is 1210. The fourth-order valence-electron chi connectivity index (χ4n) is 3.47. The van der Waals surface area contributed by atoms with Crippen molar-refractivity contribution in [2.45, 2.75) is 0 Å².